The maximum Gasteiger partial charge on any atom is 0.356 e. The molecule has 5 nitrogen and oxygen atoms in total. The molecule has 2 rings (SSSR count). The standard InChI is InChI=1S/C11H17N3O2/c1-7(2)5-9-13-10(11(15)16)8-6-12-3-4-14(8)9/h7,12H,3-6H2,1-2H3,(H,15,16). The minimum atomic E-state index is -0.928. The number of aromatic carboxylic acids is 1. The van der Waals surface area contributed by atoms with Crippen molar-refractivity contribution in [2.24, 2.45) is 5.92 Å². The monoisotopic (exact) mass is 223 g/mol. The SMILES string of the molecule is CC(C)Cc1nc(C(=O)O)c2n1CCNC2. The van der Waals surface area contributed by atoms with E-state index >= 15 is 0 Å². The second-order valence-electron chi connectivity index (χ2n) is 4.55. The molecule has 2 heterocycles. The number of hydrogen-bond acceptors (Lipinski definition) is 3. The van der Waals surface area contributed by atoms with Crippen LogP contribution < -0.4 is 5.32 Å². The lowest BCUT2D eigenvalue weighted by Crippen LogP contribution is -2.29. The van der Waals surface area contributed by atoms with Crippen molar-refractivity contribution < 1.29 is 9.90 Å². The fourth-order valence-corrected chi connectivity index (χ4v) is 2.07. The Morgan fingerprint density at radius 1 is 1.62 bits per heavy atom. The van der Waals surface area contributed by atoms with E-state index in [2.05, 4.69) is 28.7 Å². The van der Waals surface area contributed by atoms with Crippen LogP contribution >= 0.6 is 0 Å². The smallest absolute Gasteiger partial charge is 0.356 e. The Labute approximate surface area is 94.5 Å². The summed E-state index contributed by atoms with van der Waals surface area (Å²) >= 11 is 0. The van der Waals surface area contributed by atoms with E-state index in [0.29, 0.717) is 12.5 Å². The van der Waals surface area contributed by atoms with Gasteiger partial charge in [-0.25, -0.2) is 9.78 Å². The number of imidazole rings is 1. The first kappa shape index (κ1) is 11.1. The third kappa shape index (κ3) is 1.95. The predicted octanol–water partition coefficient (Wildman–Crippen LogP) is 0.883. The van der Waals surface area contributed by atoms with E-state index in [9.17, 15) is 4.79 Å². The van der Waals surface area contributed by atoms with Crippen LogP contribution in [0.1, 0.15) is 35.9 Å². The predicted molar refractivity (Wildman–Crippen MR) is 59.4 cm³/mol. The van der Waals surface area contributed by atoms with Gasteiger partial charge in [0.15, 0.2) is 5.69 Å². The molecule has 88 valence electrons. The third-order valence-electron chi connectivity index (χ3n) is 2.75. The largest absolute Gasteiger partial charge is 0.476 e. The van der Waals surface area contributed by atoms with Crippen LogP contribution in [0, 0.1) is 5.92 Å². The van der Waals surface area contributed by atoms with Crippen molar-refractivity contribution in [3.63, 3.8) is 0 Å². The number of aromatic nitrogens is 2. The van der Waals surface area contributed by atoms with Crippen LogP contribution in [0.2, 0.25) is 0 Å². The van der Waals surface area contributed by atoms with Gasteiger partial charge in [0, 0.05) is 26.1 Å². The molecule has 0 amide bonds. The van der Waals surface area contributed by atoms with E-state index in [0.717, 1.165) is 31.0 Å². The van der Waals surface area contributed by atoms with E-state index in [1.165, 1.54) is 0 Å². The Bertz CT molecular complexity index is 410. The zero-order valence-electron chi connectivity index (χ0n) is 9.66. The summed E-state index contributed by atoms with van der Waals surface area (Å²) in [5, 5.41) is 12.3. The summed E-state index contributed by atoms with van der Waals surface area (Å²) in [4.78, 5) is 15.3. The number of carboxylic acid groups (broad SMARTS) is 1. The number of hydrogen-bond donors (Lipinski definition) is 2. The first-order valence-corrected chi connectivity index (χ1v) is 5.62. The lowest BCUT2D eigenvalue weighted by atomic mass is 10.1. The van der Waals surface area contributed by atoms with Crippen LogP contribution in [-0.2, 0) is 19.5 Å². The number of carbonyl (C=O) groups is 1. The number of nitrogens with one attached hydrogen (secondary N) is 1. The van der Waals surface area contributed by atoms with Gasteiger partial charge in [-0.15, -0.1) is 0 Å². The molecule has 2 N–H and O–H groups in total. The van der Waals surface area contributed by atoms with Gasteiger partial charge < -0.3 is 15.0 Å². The summed E-state index contributed by atoms with van der Waals surface area (Å²) < 4.78 is 2.06. The Morgan fingerprint density at radius 2 is 2.38 bits per heavy atom. The molecule has 1 aromatic heterocycles. The lowest BCUT2D eigenvalue weighted by molar-refractivity contribution is 0.0689. The molecule has 0 radical (unpaired) electrons. The fraction of sp³-hybridized carbons (Fsp3) is 0.636. The molecule has 1 aliphatic heterocycles. The minimum Gasteiger partial charge on any atom is -0.476 e. The van der Waals surface area contributed by atoms with Crippen molar-refractivity contribution >= 4 is 5.97 Å². The zero-order valence-corrected chi connectivity index (χ0v) is 9.66. The summed E-state index contributed by atoms with van der Waals surface area (Å²) in [6.07, 6.45) is 0.834. The van der Waals surface area contributed by atoms with Gasteiger partial charge in [0.25, 0.3) is 0 Å². The Kier molecular flexibility index (Phi) is 2.96. The van der Waals surface area contributed by atoms with Gasteiger partial charge in [0.1, 0.15) is 5.82 Å². The molecule has 1 aliphatic rings. The van der Waals surface area contributed by atoms with E-state index in [-0.39, 0.29) is 5.69 Å². The van der Waals surface area contributed by atoms with Crippen LogP contribution in [0.3, 0.4) is 0 Å². The Balaban J connectivity index is 2.42. The maximum atomic E-state index is 11.1. The Hall–Kier alpha value is -1.36. The summed E-state index contributed by atoms with van der Waals surface area (Å²) in [5.74, 6) is 0.467. The van der Waals surface area contributed by atoms with Gasteiger partial charge in [-0.05, 0) is 5.92 Å². The summed E-state index contributed by atoms with van der Waals surface area (Å²) in [7, 11) is 0. The first-order valence-electron chi connectivity index (χ1n) is 5.62. The molecular formula is C11H17N3O2. The molecule has 0 saturated heterocycles. The van der Waals surface area contributed by atoms with Gasteiger partial charge in [0.2, 0.25) is 0 Å². The second kappa shape index (κ2) is 4.25. The van der Waals surface area contributed by atoms with Crippen LogP contribution in [-0.4, -0.2) is 27.2 Å². The second-order valence-corrected chi connectivity index (χ2v) is 4.55. The molecule has 0 aromatic carbocycles. The van der Waals surface area contributed by atoms with Crippen molar-refractivity contribution in [2.45, 2.75) is 33.4 Å². The van der Waals surface area contributed by atoms with Gasteiger partial charge in [-0.2, -0.15) is 0 Å². The van der Waals surface area contributed by atoms with Crippen molar-refractivity contribution in [3.05, 3.63) is 17.2 Å². The lowest BCUT2D eigenvalue weighted by Gasteiger charge is -2.18. The zero-order chi connectivity index (χ0) is 11.7. The Morgan fingerprint density at radius 3 is 3.00 bits per heavy atom. The van der Waals surface area contributed by atoms with Gasteiger partial charge in [0.05, 0.1) is 5.69 Å². The van der Waals surface area contributed by atoms with E-state index in [1.807, 2.05) is 0 Å². The number of nitrogens with zero attached hydrogens (tertiary/aromatic N) is 2. The van der Waals surface area contributed by atoms with Gasteiger partial charge in [-0.1, -0.05) is 13.8 Å². The number of rotatable bonds is 3. The van der Waals surface area contributed by atoms with Gasteiger partial charge in [-0.3, -0.25) is 0 Å². The normalized spacial score (nSPS) is 15.2. The highest BCUT2D eigenvalue weighted by Gasteiger charge is 2.23. The van der Waals surface area contributed by atoms with Crippen molar-refractivity contribution in [3.8, 4) is 0 Å². The summed E-state index contributed by atoms with van der Waals surface area (Å²) in [6, 6.07) is 0. The third-order valence-corrected chi connectivity index (χ3v) is 2.75. The summed E-state index contributed by atoms with van der Waals surface area (Å²) in [5.41, 5.74) is 1.03. The van der Waals surface area contributed by atoms with E-state index in [1.54, 1.807) is 0 Å². The van der Waals surface area contributed by atoms with E-state index < -0.39 is 5.97 Å². The number of carboxylic acids is 1. The van der Waals surface area contributed by atoms with Gasteiger partial charge >= 0.3 is 5.97 Å². The molecule has 0 bridgehead atoms. The quantitative estimate of drug-likeness (QED) is 0.798. The maximum absolute atomic E-state index is 11.1. The van der Waals surface area contributed by atoms with Crippen LogP contribution in [0.4, 0.5) is 0 Å². The summed E-state index contributed by atoms with van der Waals surface area (Å²) in [6.45, 7) is 6.53. The molecular weight excluding hydrogens is 206 g/mol. The fourth-order valence-electron chi connectivity index (χ4n) is 2.07. The topological polar surface area (TPSA) is 67.1 Å². The molecule has 5 heteroatoms. The van der Waals surface area contributed by atoms with Crippen LogP contribution in [0.15, 0.2) is 0 Å². The molecule has 0 aliphatic carbocycles. The number of fused-ring (bicyclic) bond motifs is 1. The molecule has 0 atom stereocenters. The van der Waals surface area contributed by atoms with E-state index in [4.69, 9.17) is 5.11 Å². The highest BCUT2D eigenvalue weighted by molar-refractivity contribution is 5.86. The average molecular weight is 223 g/mol. The van der Waals surface area contributed by atoms with Crippen molar-refractivity contribution in [1.29, 1.82) is 0 Å². The van der Waals surface area contributed by atoms with Crippen LogP contribution in [0.5, 0.6) is 0 Å². The average Bonchev–Trinajstić information content (AvgIpc) is 2.57. The molecule has 1 aromatic rings. The van der Waals surface area contributed by atoms with Crippen molar-refractivity contribution in [2.75, 3.05) is 6.54 Å². The molecule has 0 spiro atoms. The molecule has 16 heavy (non-hydrogen) atoms. The van der Waals surface area contributed by atoms with Crippen LogP contribution in [0.25, 0.3) is 0 Å². The minimum absolute atomic E-state index is 0.211. The first-order chi connectivity index (χ1) is 7.59. The molecule has 0 unspecified atom stereocenters. The highest BCUT2D eigenvalue weighted by Crippen LogP contribution is 2.17. The van der Waals surface area contributed by atoms with Crippen molar-refractivity contribution in [1.82, 2.24) is 14.9 Å². The highest BCUT2D eigenvalue weighted by atomic mass is 16.4. The molecule has 0 fully saturated rings. The molecule has 0 saturated carbocycles.